The molecule has 3 aliphatic rings. The van der Waals surface area contributed by atoms with Crippen molar-refractivity contribution in [2.24, 2.45) is 5.92 Å². The molecule has 0 N–H and O–H groups in total. The molecule has 2 amide bonds. The van der Waals surface area contributed by atoms with E-state index in [0.29, 0.717) is 19.0 Å². The number of amides is 2. The summed E-state index contributed by atoms with van der Waals surface area (Å²) in [6.45, 7) is 3.74. The van der Waals surface area contributed by atoms with E-state index in [-0.39, 0.29) is 17.7 Å². The van der Waals surface area contributed by atoms with Crippen LogP contribution in [-0.4, -0.2) is 65.4 Å². The molecule has 1 aromatic rings. The van der Waals surface area contributed by atoms with Crippen molar-refractivity contribution in [3.8, 4) is 0 Å². The van der Waals surface area contributed by atoms with Gasteiger partial charge in [-0.15, -0.1) is 11.3 Å². The zero-order valence-corrected chi connectivity index (χ0v) is 14.7. The molecule has 0 unspecified atom stereocenters. The summed E-state index contributed by atoms with van der Waals surface area (Å²) in [5.41, 5.74) is 0. The average Bonchev–Trinajstić information content (AvgIpc) is 3.35. The van der Waals surface area contributed by atoms with E-state index in [1.165, 1.54) is 12.8 Å². The Bertz CT molecular complexity index is 592. The van der Waals surface area contributed by atoms with Crippen molar-refractivity contribution in [1.82, 2.24) is 14.8 Å². The van der Waals surface area contributed by atoms with Crippen molar-refractivity contribution in [1.29, 1.82) is 0 Å². The highest BCUT2D eigenvalue weighted by atomic mass is 32.1. The molecule has 0 aromatic carbocycles. The maximum absolute atomic E-state index is 12.8. The molecule has 3 heterocycles. The molecule has 1 aromatic heterocycles. The molecular formula is C17H24N4O2S. The van der Waals surface area contributed by atoms with Crippen molar-refractivity contribution in [3.63, 3.8) is 0 Å². The van der Waals surface area contributed by atoms with Crippen molar-refractivity contribution >= 4 is 28.3 Å². The van der Waals surface area contributed by atoms with Gasteiger partial charge in [0.1, 0.15) is 0 Å². The van der Waals surface area contributed by atoms with Crippen LogP contribution >= 0.6 is 11.3 Å². The Morgan fingerprint density at radius 2 is 1.92 bits per heavy atom. The Morgan fingerprint density at radius 3 is 2.58 bits per heavy atom. The number of likely N-dealkylation sites (tertiary alicyclic amines) is 1. The van der Waals surface area contributed by atoms with Gasteiger partial charge in [0.15, 0.2) is 5.13 Å². The number of rotatable bonds is 3. The van der Waals surface area contributed by atoms with Gasteiger partial charge in [0.2, 0.25) is 11.8 Å². The first-order valence-electron chi connectivity index (χ1n) is 8.95. The van der Waals surface area contributed by atoms with Crippen molar-refractivity contribution < 1.29 is 9.59 Å². The fourth-order valence-electron chi connectivity index (χ4n) is 4.21. The minimum absolute atomic E-state index is 0.135. The number of hydrogen-bond acceptors (Lipinski definition) is 5. The molecule has 24 heavy (non-hydrogen) atoms. The Labute approximate surface area is 146 Å². The summed E-state index contributed by atoms with van der Waals surface area (Å²) in [6, 6.07) is 0.386. The van der Waals surface area contributed by atoms with Crippen LogP contribution in [0.1, 0.15) is 32.1 Å². The van der Waals surface area contributed by atoms with E-state index in [1.807, 2.05) is 21.4 Å². The number of piperazine rings is 1. The molecule has 2 saturated heterocycles. The van der Waals surface area contributed by atoms with Crippen LogP contribution in [0.15, 0.2) is 11.6 Å². The van der Waals surface area contributed by atoms with Gasteiger partial charge in [0.05, 0.1) is 5.92 Å². The van der Waals surface area contributed by atoms with Gasteiger partial charge >= 0.3 is 0 Å². The van der Waals surface area contributed by atoms with Gasteiger partial charge in [-0.3, -0.25) is 9.59 Å². The summed E-state index contributed by atoms with van der Waals surface area (Å²) >= 11 is 1.64. The van der Waals surface area contributed by atoms with Crippen LogP contribution in [0.4, 0.5) is 5.13 Å². The van der Waals surface area contributed by atoms with Crippen molar-refractivity contribution in [2.75, 3.05) is 37.6 Å². The summed E-state index contributed by atoms with van der Waals surface area (Å²) in [6.07, 6.45) is 6.87. The van der Waals surface area contributed by atoms with E-state index in [9.17, 15) is 9.59 Å². The third-order valence-corrected chi connectivity index (χ3v) is 6.39. The summed E-state index contributed by atoms with van der Waals surface area (Å²) in [7, 11) is 0. The van der Waals surface area contributed by atoms with Gasteiger partial charge in [0, 0.05) is 56.8 Å². The second-order valence-corrected chi connectivity index (χ2v) is 7.89. The Morgan fingerprint density at radius 1 is 1.17 bits per heavy atom. The molecule has 1 atom stereocenters. The minimum Gasteiger partial charge on any atom is -0.345 e. The smallest absolute Gasteiger partial charge is 0.228 e. The zero-order chi connectivity index (χ0) is 16.5. The van der Waals surface area contributed by atoms with E-state index in [0.717, 1.165) is 44.2 Å². The molecule has 130 valence electrons. The monoisotopic (exact) mass is 348 g/mol. The van der Waals surface area contributed by atoms with Gasteiger partial charge in [-0.2, -0.15) is 0 Å². The SMILES string of the molecule is O=C([C@H]1CC(=O)N(C2CCCC2)C1)N1CCN(c2nccs2)CC1. The number of nitrogens with zero attached hydrogens (tertiary/aromatic N) is 4. The fourth-order valence-corrected chi connectivity index (χ4v) is 4.91. The third-order valence-electron chi connectivity index (χ3n) is 5.55. The lowest BCUT2D eigenvalue weighted by Crippen LogP contribution is -2.50. The molecule has 1 saturated carbocycles. The maximum atomic E-state index is 12.8. The Balaban J connectivity index is 1.33. The van der Waals surface area contributed by atoms with E-state index in [4.69, 9.17) is 0 Å². The highest BCUT2D eigenvalue weighted by Crippen LogP contribution is 2.30. The summed E-state index contributed by atoms with van der Waals surface area (Å²) < 4.78 is 0. The van der Waals surface area contributed by atoms with Crippen LogP contribution in [0, 0.1) is 5.92 Å². The first-order chi connectivity index (χ1) is 11.7. The van der Waals surface area contributed by atoms with Crippen LogP contribution in [-0.2, 0) is 9.59 Å². The second kappa shape index (κ2) is 6.70. The number of carbonyl (C=O) groups is 2. The molecule has 6 nitrogen and oxygen atoms in total. The minimum atomic E-state index is -0.135. The molecule has 2 aliphatic heterocycles. The van der Waals surface area contributed by atoms with Crippen molar-refractivity contribution in [3.05, 3.63) is 11.6 Å². The maximum Gasteiger partial charge on any atom is 0.228 e. The predicted octanol–water partition coefficient (Wildman–Crippen LogP) is 1.58. The van der Waals surface area contributed by atoms with E-state index >= 15 is 0 Å². The largest absolute Gasteiger partial charge is 0.345 e. The number of thiazole rings is 1. The van der Waals surface area contributed by atoms with E-state index in [1.54, 1.807) is 11.3 Å². The number of carbonyl (C=O) groups excluding carboxylic acids is 2. The highest BCUT2D eigenvalue weighted by Gasteiger charge is 2.40. The van der Waals surface area contributed by atoms with Crippen LogP contribution in [0.25, 0.3) is 0 Å². The summed E-state index contributed by atoms with van der Waals surface area (Å²) in [4.78, 5) is 35.6. The van der Waals surface area contributed by atoms with Crippen LogP contribution in [0.2, 0.25) is 0 Å². The Kier molecular flexibility index (Phi) is 4.43. The number of anilines is 1. The molecule has 4 rings (SSSR count). The molecule has 1 aliphatic carbocycles. The van der Waals surface area contributed by atoms with Crippen LogP contribution in [0.3, 0.4) is 0 Å². The normalized spacial score (nSPS) is 25.8. The number of hydrogen-bond donors (Lipinski definition) is 0. The predicted molar refractivity (Wildman–Crippen MR) is 93.0 cm³/mol. The van der Waals surface area contributed by atoms with Crippen LogP contribution < -0.4 is 4.90 Å². The van der Waals surface area contributed by atoms with Gasteiger partial charge in [-0.1, -0.05) is 12.8 Å². The third kappa shape index (κ3) is 3.01. The first-order valence-corrected chi connectivity index (χ1v) is 9.83. The quantitative estimate of drug-likeness (QED) is 0.832. The standard InChI is InChI=1S/C17H24N4O2S/c22-15-11-13(12-21(15)14-3-1-2-4-14)16(23)19-6-8-20(9-7-19)17-18-5-10-24-17/h5,10,13-14H,1-4,6-9,11-12H2/t13-/m0/s1. The second-order valence-electron chi connectivity index (χ2n) is 7.01. The summed E-state index contributed by atoms with van der Waals surface area (Å²) in [5, 5.41) is 3.01. The topological polar surface area (TPSA) is 56.8 Å². The molecule has 3 fully saturated rings. The zero-order valence-electron chi connectivity index (χ0n) is 13.9. The Hall–Kier alpha value is -1.63. The molecule has 0 spiro atoms. The lowest BCUT2D eigenvalue weighted by molar-refractivity contribution is -0.136. The fraction of sp³-hybridized carbons (Fsp3) is 0.706. The average molecular weight is 348 g/mol. The molecule has 0 radical (unpaired) electrons. The van der Waals surface area contributed by atoms with Gasteiger partial charge in [-0.25, -0.2) is 4.98 Å². The van der Waals surface area contributed by atoms with Crippen LogP contribution in [0.5, 0.6) is 0 Å². The van der Waals surface area contributed by atoms with E-state index < -0.39 is 0 Å². The number of aromatic nitrogens is 1. The van der Waals surface area contributed by atoms with E-state index in [2.05, 4.69) is 9.88 Å². The van der Waals surface area contributed by atoms with Crippen molar-refractivity contribution in [2.45, 2.75) is 38.1 Å². The highest BCUT2D eigenvalue weighted by molar-refractivity contribution is 7.13. The van der Waals surface area contributed by atoms with Gasteiger partial charge < -0.3 is 14.7 Å². The first kappa shape index (κ1) is 15.9. The molecule has 7 heteroatoms. The lowest BCUT2D eigenvalue weighted by atomic mass is 10.1. The molecule has 0 bridgehead atoms. The molecular weight excluding hydrogens is 324 g/mol. The van der Waals surface area contributed by atoms with Gasteiger partial charge in [-0.05, 0) is 12.8 Å². The summed E-state index contributed by atoms with van der Waals surface area (Å²) in [5.74, 6) is 0.217. The van der Waals surface area contributed by atoms with Gasteiger partial charge in [0.25, 0.3) is 0 Å². The lowest BCUT2D eigenvalue weighted by Gasteiger charge is -2.35.